The Bertz CT molecular complexity index is 1210. The average Bonchev–Trinajstić information content (AvgIpc) is 3.20. The second kappa shape index (κ2) is 9.40. The Balaban J connectivity index is 2.26. The van der Waals surface area contributed by atoms with Crippen molar-refractivity contribution in [1.29, 1.82) is 0 Å². The molecule has 3 aromatic rings. The number of aromatic nitrogens is 3. The highest BCUT2D eigenvalue weighted by atomic mass is 35.5. The number of halogens is 5. The summed E-state index contributed by atoms with van der Waals surface area (Å²) in [5, 5.41) is 8.30. The molecule has 2 aromatic heterocycles. The third-order valence-electron chi connectivity index (χ3n) is 4.41. The topological polar surface area (TPSA) is 91.0 Å². The van der Waals surface area contributed by atoms with Crippen LogP contribution in [-0.4, -0.2) is 33.0 Å². The number of alkyl halides is 3. The highest BCUT2D eigenvalue weighted by Crippen LogP contribution is 2.38. The molecule has 2 amide bonds. The van der Waals surface area contributed by atoms with Crippen LogP contribution in [0.5, 0.6) is 0 Å². The fourth-order valence-electron chi connectivity index (χ4n) is 3.08. The SMILES string of the molecule is Cc1cc(Cl)cc(C(=O)NC(C)C)c1N(C(=O)c1cc(C(F)(F)F)[nH]n1)c1ncccc1Cl. The van der Waals surface area contributed by atoms with Gasteiger partial charge in [0.05, 0.1) is 16.3 Å². The number of hydrogen-bond acceptors (Lipinski definition) is 4. The first kappa shape index (κ1) is 24.5. The van der Waals surface area contributed by atoms with Gasteiger partial charge in [-0.05, 0) is 50.6 Å². The number of aryl methyl sites for hydroxylation is 1. The van der Waals surface area contributed by atoms with Gasteiger partial charge in [0.25, 0.3) is 11.8 Å². The quantitative estimate of drug-likeness (QED) is 0.480. The summed E-state index contributed by atoms with van der Waals surface area (Å²) in [6, 6.07) is 6.16. The molecule has 0 aliphatic carbocycles. The minimum absolute atomic E-state index is 0.00958. The lowest BCUT2D eigenvalue weighted by molar-refractivity contribution is -0.141. The largest absolute Gasteiger partial charge is 0.432 e. The molecule has 3 rings (SSSR count). The molecule has 0 bridgehead atoms. The Labute approximate surface area is 196 Å². The summed E-state index contributed by atoms with van der Waals surface area (Å²) in [4.78, 5) is 31.5. The van der Waals surface area contributed by atoms with Crippen molar-refractivity contribution in [2.45, 2.75) is 33.0 Å². The van der Waals surface area contributed by atoms with Crippen molar-refractivity contribution < 1.29 is 22.8 Å². The van der Waals surface area contributed by atoms with Crippen molar-refractivity contribution in [2.75, 3.05) is 4.90 Å². The number of amides is 2. The van der Waals surface area contributed by atoms with Crippen LogP contribution in [0.1, 0.15) is 46.0 Å². The molecule has 2 heterocycles. The van der Waals surface area contributed by atoms with Crippen LogP contribution >= 0.6 is 23.2 Å². The van der Waals surface area contributed by atoms with Gasteiger partial charge in [0.1, 0.15) is 5.69 Å². The van der Waals surface area contributed by atoms with Gasteiger partial charge >= 0.3 is 6.18 Å². The Morgan fingerprint density at radius 1 is 1.18 bits per heavy atom. The van der Waals surface area contributed by atoms with Crippen LogP contribution in [0, 0.1) is 6.92 Å². The van der Waals surface area contributed by atoms with Crippen LogP contribution in [0.3, 0.4) is 0 Å². The van der Waals surface area contributed by atoms with E-state index < -0.39 is 29.4 Å². The second-order valence-electron chi connectivity index (χ2n) is 7.36. The van der Waals surface area contributed by atoms with Crippen molar-refractivity contribution in [2.24, 2.45) is 0 Å². The monoisotopic (exact) mass is 499 g/mol. The van der Waals surface area contributed by atoms with Crippen molar-refractivity contribution >= 4 is 46.5 Å². The third kappa shape index (κ3) is 5.28. The minimum Gasteiger partial charge on any atom is -0.350 e. The van der Waals surface area contributed by atoms with Crippen LogP contribution in [0.4, 0.5) is 24.7 Å². The van der Waals surface area contributed by atoms with Crippen LogP contribution in [0.2, 0.25) is 10.0 Å². The molecule has 1 aromatic carbocycles. The zero-order valence-corrected chi connectivity index (χ0v) is 19.1. The van der Waals surface area contributed by atoms with Crippen molar-refractivity contribution in [3.8, 4) is 0 Å². The summed E-state index contributed by atoms with van der Waals surface area (Å²) in [5.74, 6) is -1.62. The molecule has 0 saturated heterocycles. The number of rotatable bonds is 5. The van der Waals surface area contributed by atoms with E-state index in [1.807, 2.05) is 5.10 Å². The molecule has 0 fully saturated rings. The van der Waals surface area contributed by atoms with Gasteiger partial charge in [-0.2, -0.15) is 18.3 Å². The van der Waals surface area contributed by atoms with E-state index in [0.29, 0.717) is 11.6 Å². The van der Waals surface area contributed by atoms with Gasteiger partial charge in [-0.15, -0.1) is 0 Å². The average molecular weight is 500 g/mol. The Kier molecular flexibility index (Phi) is 6.99. The lowest BCUT2D eigenvalue weighted by Gasteiger charge is -2.26. The molecular formula is C21H18Cl2F3N5O2. The molecule has 7 nitrogen and oxygen atoms in total. The molecule has 174 valence electrons. The number of hydrogen-bond donors (Lipinski definition) is 2. The van der Waals surface area contributed by atoms with Gasteiger partial charge in [-0.1, -0.05) is 23.2 Å². The first-order valence-corrected chi connectivity index (χ1v) is 10.3. The third-order valence-corrected chi connectivity index (χ3v) is 4.92. The predicted octanol–water partition coefficient (Wildman–Crippen LogP) is 5.56. The molecule has 0 radical (unpaired) electrons. The van der Waals surface area contributed by atoms with E-state index in [9.17, 15) is 22.8 Å². The van der Waals surface area contributed by atoms with Crippen LogP contribution in [0.15, 0.2) is 36.5 Å². The summed E-state index contributed by atoms with van der Waals surface area (Å²) in [5.41, 5.74) is -1.30. The molecule has 0 aliphatic heterocycles. The number of anilines is 2. The Morgan fingerprint density at radius 3 is 2.45 bits per heavy atom. The van der Waals surface area contributed by atoms with Crippen molar-refractivity contribution in [1.82, 2.24) is 20.5 Å². The number of aromatic amines is 1. The number of nitrogens with zero attached hydrogens (tertiary/aromatic N) is 3. The van der Waals surface area contributed by atoms with Gasteiger partial charge in [0.2, 0.25) is 0 Å². The highest BCUT2D eigenvalue weighted by Gasteiger charge is 2.36. The summed E-state index contributed by atoms with van der Waals surface area (Å²) >= 11 is 12.5. The first-order chi connectivity index (χ1) is 15.4. The molecule has 0 unspecified atom stereocenters. The summed E-state index contributed by atoms with van der Waals surface area (Å²) < 4.78 is 39.2. The zero-order valence-electron chi connectivity index (χ0n) is 17.6. The zero-order chi connectivity index (χ0) is 24.5. The molecule has 0 saturated carbocycles. The van der Waals surface area contributed by atoms with E-state index in [2.05, 4.69) is 15.4 Å². The molecule has 12 heteroatoms. The molecule has 0 aliphatic rings. The van der Waals surface area contributed by atoms with E-state index in [4.69, 9.17) is 23.2 Å². The second-order valence-corrected chi connectivity index (χ2v) is 8.20. The van der Waals surface area contributed by atoms with E-state index in [1.54, 1.807) is 20.8 Å². The number of carbonyl (C=O) groups is 2. The van der Waals surface area contributed by atoms with E-state index >= 15 is 0 Å². The normalized spacial score (nSPS) is 11.5. The standard InChI is InChI=1S/C21H18Cl2F3N5O2/c1-10(2)28-19(32)13-8-12(22)7-11(3)17(13)31(18-14(23)5-4-6-27-18)20(33)15-9-16(30-29-15)21(24,25)26/h4-10H,1-3H3,(H,28,32)(H,29,30). The van der Waals surface area contributed by atoms with Gasteiger partial charge in [-0.3, -0.25) is 19.6 Å². The molecule has 0 spiro atoms. The number of H-pyrrole nitrogens is 1. The smallest absolute Gasteiger partial charge is 0.350 e. The fraction of sp³-hybridized carbons (Fsp3) is 0.238. The highest BCUT2D eigenvalue weighted by molar-refractivity contribution is 6.34. The lowest BCUT2D eigenvalue weighted by atomic mass is 10.0. The maximum Gasteiger partial charge on any atom is 0.432 e. The van der Waals surface area contributed by atoms with Crippen molar-refractivity contribution in [3.63, 3.8) is 0 Å². The maximum absolute atomic E-state index is 13.5. The number of benzene rings is 1. The van der Waals surface area contributed by atoms with Crippen LogP contribution < -0.4 is 10.2 Å². The van der Waals surface area contributed by atoms with E-state index in [0.717, 1.165) is 4.90 Å². The fourth-order valence-corrected chi connectivity index (χ4v) is 3.56. The lowest BCUT2D eigenvalue weighted by Crippen LogP contribution is -2.34. The Morgan fingerprint density at radius 2 is 1.88 bits per heavy atom. The number of carbonyl (C=O) groups excluding carboxylic acids is 2. The van der Waals surface area contributed by atoms with E-state index in [1.165, 1.54) is 30.5 Å². The molecule has 33 heavy (non-hydrogen) atoms. The van der Waals surface area contributed by atoms with Crippen LogP contribution in [0.25, 0.3) is 0 Å². The Hall–Kier alpha value is -3.11. The van der Waals surface area contributed by atoms with Gasteiger partial charge in [0.15, 0.2) is 11.5 Å². The number of pyridine rings is 1. The van der Waals surface area contributed by atoms with Crippen LogP contribution in [-0.2, 0) is 6.18 Å². The van der Waals surface area contributed by atoms with Gasteiger partial charge < -0.3 is 5.32 Å². The maximum atomic E-state index is 13.5. The van der Waals surface area contributed by atoms with Gasteiger partial charge in [0, 0.05) is 23.3 Å². The predicted molar refractivity (Wildman–Crippen MR) is 118 cm³/mol. The minimum atomic E-state index is -4.74. The molecular weight excluding hydrogens is 482 g/mol. The summed E-state index contributed by atoms with van der Waals surface area (Å²) in [6.07, 6.45) is -3.39. The summed E-state index contributed by atoms with van der Waals surface area (Å²) in [7, 11) is 0. The molecule has 2 N–H and O–H groups in total. The van der Waals surface area contributed by atoms with E-state index in [-0.39, 0.29) is 33.2 Å². The van der Waals surface area contributed by atoms with Gasteiger partial charge in [-0.25, -0.2) is 4.98 Å². The summed E-state index contributed by atoms with van der Waals surface area (Å²) in [6.45, 7) is 5.09. The molecule has 0 atom stereocenters. The first-order valence-electron chi connectivity index (χ1n) is 9.58. The number of nitrogens with one attached hydrogen (secondary N) is 2. The van der Waals surface area contributed by atoms with Crippen molar-refractivity contribution in [3.05, 3.63) is 69.1 Å².